The van der Waals surface area contributed by atoms with Crippen molar-refractivity contribution in [3.63, 3.8) is 0 Å². The van der Waals surface area contributed by atoms with Crippen LogP contribution < -0.4 is 10.3 Å². The molecule has 2 unspecified atom stereocenters. The second kappa shape index (κ2) is 14.4. The number of fused-ring (bicyclic) bond motifs is 1. The van der Waals surface area contributed by atoms with Crippen molar-refractivity contribution in [1.82, 2.24) is 20.1 Å². The highest BCUT2D eigenvalue weighted by Gasteiger charge is 2.72. The van der Waals surface area contributed by atoms with E-state index in [1.165, 1.54) is 0 Å². The summed E-state index contributed by atoms with van der Waals surface area (Å²) in [5, 5.41) is 16.8. The minimum absolute atomic E-state index is 0.0323. The number of piperidine rings is 3. The molecule has 0 radical (unpaired) electrons. The molecule has 3 atom stereocenters. The van der Waals surface area contributed by atoms with Gasteiger partial charge in [0, 0.05) is 38.1 Å². The lowest BCUT2D eigenvalue weighted by atomic mass is 9.76. The van der Waals surface area contributed by atoms with Gasteiger partial charge in [0.1, 0.15) is 18.6 Å². The molecule has 4 aliphatic heterocycles. The number of rotatable bonds is 7. The van der Waals surface area contributed by atoms with Crippen LogP contribution >= 0.6 is 31.9 Å². The highest BCUT2D eigenvalue weighted by Crippen LogP contribution is 2.49. The number of benzene rings is 2. The van der Waals surface area contributed by atoms with Crippen LogP contribution in [0.25, 0.3) is 0 Å². The predicted molar refractivity (Wildman–Crippen MR) is 190 cm³/mol. The number of aldehydes is 1. The fourth-order valence-electron chi connectivity index (χ4n) is 8.62. The van der Waals surface area contributed by atoms with Crippen molar-refractivity contribution in [3.05, 3.63) is 56.5 Å². The van der Waals surface area contributed by atoms with E-state index in [9.17, 15) is 29.1 Å². The second-order valence-corrected chi connectivity index (χ2v) is 15.7. The Balaban J connectivity index is 1.11. The third-order valence-corrected chi connectivity index (χ3v) is 12.5. The highest BCUT2D eigenvalue weighted by molar-refractivity contribution is 9.11. The van der Waals surface area contributed by atoms with Crippen LogP contribution in [0.4, 0.5) is 15.3 Å². The molecule has 3 amide bonds. The maximum absolute atomic E-state index is 14.8. The molecule has 3 saturated heterocycles. The lowest BCUT2D eigenvalue weighted by Crippen LogP contribution is -2.63. The summed E-state index contributed by atoms with van der Waals surface area (Å²) in [7, 11) is 0. The summed E-state index contributed by atoms with van der Waals surface area (Å²) in [6, 6.07) is 9.96. The Morgan fingerprint density at radius 1 is 0.980 bits per heavy atom. The van der Waals surface area contributed by atoms with Gasteiger partial charge in [0.25, 0.3) is 0 Å². The highest BCUT2D eigenvalue weighted by atomic mass is 79.9. The molecule has 1 saturated carbocycles. The third kappa shape index (κ3) is 6.37. The molecule has 2 aromatic carbocycles. The van der Waals surface area contributed by atoms with Gasteiger partial charge in [-0.3, -0.25) is 9.59 Å². The van der Waals surface area contributed by atoms with E-state index in [-0.39, 0.29) is 43.3 Å². The Morgan fingerprint density at radius 3 is 2.40 bits per heavy atom. The minimum Gasteiger partial charge on any atom is -0.506 e. The molecule has 266 valence electrons. The number of nitrogens with zero attached hydrogens (tertiary/aromatic N) is 4. The number of nitrogens with one attached hydrogen (secondary N) is 1. The van der Waals surface area contributed by atoms with Crippen molar-refractivity contribution in [3.8, 4) is 5.75 Å². The molecule has 5 aliphatic rings. The Morgan fingerprint density at radius 2 is 1.70 bits per heavy atom. The van der Waals surface area contributed by atoms with Crippen LogP contribution in [0.15, 0.2) is 45.3 Å². The smallest absolute Gasteiger partial charge is 0.410 e. The maximum Gasteiger partial charge on any atom is 0.410 e. The molecule has 7 rings (SSSR count). The first-order chi connectivity index (χ1) is 24.1. The summed E-state index contributed by atoms with van der Waals surface area (Å²) < 4.78 is 6.56. The molecule has 12 nitrogen and oxygen atoms in total. The van der Waals surface area contributed by atoms with Gasteiger partial charge in [-0.25, -0.2) is 14.6 Å². The number of aromatic hydroxyl groups is 1. The van der Waals surface area contributed by atoms with Crippen molar-refractivity contribution in [2.24, 2.45) is 11.8 Å². The number of urea groups is 1. The zero-order chi connectivity index (χ0) is 35.2. The number of hydrogen-bond acceptors (Lipinski definition) is 9. The van der Waals surface area contributed by atoms with Gasteiger partial charge in [-0.05, 0) is 131 Å². The predicted octanol–water partition coefficient (Wildman–Crippen LogP) is 4.98. The maximum atomic E-state index is 14.8. The number of amides is 3. The Bertz CT molecular complexity index is 1660. The Labute approximate surface area is 307 Å². The van der Waals surface area contributed by atoms with Gasteiger partial charge in [-0.2, -0.15) is 5.01 Å². The average molecular weight is 816 g/mol. The quantitative estimate of drug-likeness (QED) is 0.225. The van der Waals surface area contributed by atoms with Crippen LogP contribution in [0.2, 0.25) is 0 Å². The molecule has 1 aliphatic carbocycles. The SMILES string of the molecule is O=CC[C@H]1CC(N2CCc3ccccc3N(N3CCC(C4CCNCC4)CC34C(=O)C4=O)C2=O)CCN1C(=O)OCc1cc(Br)c(O)c(Br)c1. The normalized spacial score (nSPS) is 25.8. The van der Waals surface area contributed by atoms with E-state index < -0.39 is 29.2 Å². The van der Waals surface area contributed by atoms with Gasteiger partial charge < -0.3 is 29.8 Å². The number of phenols is 1. The summed E-state index contributed by atoms with van der Waals surface area (Å²) in [4.78, 5) is 70.0. The number of phenolic OH excluding ortho intramolecular Hbond substituents is 1. The first kappa shape index (κ1) is 35.1. The number of Topliss-reactive ketones (excluding diaryl/α,β-unsaturated/α-hetero) is 2. The van der Waals surface area contributed by atoms with Crippen LogP contribution in [0.1, 0.15) is 56.1 Å². The number of para-hydroxylation sites is 1. The standard InChI is InChI=1S/C36H41Br2N5O7/c37-28-17-22(18-29(38)31(28)45)21-50-35(49)41-14-9-26(19-27(41)10-16-44)40-13-7-24-3-1-2-4-30(24)43(34(40)48)42-15-8-25(23-5-11-39-12-6-23)20-36(42)32(46)33(36)47/h1-4,16-18,23,25-27,39,45H,5-15,19-21H2/t25?,26?,27-/m0/s1. The van der Waals surface area contributed by atoms with E-state index >= 15 is 0 Å². The van der Waals surface area contributed by atoms with Crippen molar-refractivity contribution in [1.29, 1.82) is 0 Å². The van der Waals surface area contributed by atoms with Crippen LogP contribution in [-0.2, 0) is 32.1 Å². The molecule has 2 N–H and O–H groups in total. The summed E-state index contributed by atoms with van der Waals surface area (Å²) >= 11 is 6.59. The molecular weight excluding hydrogens is 774 g/mol. The molecule has 1 spiro atoms. The number of carbonyl (C=O) groups is 5. The van der Waals surface area contributed by atoms with Crippen molar-refractivity contribution >= 4 is 67.5 Å². The Hall–Kier alpha value is -3.33. The summed E-state index contributed by atoms with van der Waals surface area (Å²) in [6.45, 7) is 2.96. The summed E-state index contributed by atoms with van der Waals surface area (Å²) in [6.07, 6.45) is 5.00. The summed E-state index contributed by atoms with van der Waals surface area (Å²) in [5.41, 5.74) is 0.988. The minimum atomic E-state index is -1.32. The first-order valence-electron chi connectivity index (χ1n) is 17.4. The largest absolute Gasteiger partial charge is 0.506 e. The second-order valence-electron chi connectivity index (χ2n) is 14.0. The topological polar surface area (TPSA) is 140 Å². The van der Waals surface area contributed by atoms with E-state index in [1.54, 1.807) is 27.1 Å². The van der Waals surface area contributed by atoms with Crippen LogP contribution in [0, 0.1) is 11.8 Å². The Kier molecular flexibility index (Phi) is 10.1. The lowest BCUT2D eigenvalue weighted by Gasteiger charge is -2.48. The van der Waals surface area contributed by atoms with E-state index in [2.05, 4.69) is 37.2 Å². The number of ether oxygens (including phenoxy) is 1. The fraction of sp³-hybridized carbons (Fsp3) is 0.528. The molecule has 2 aromatic rings. The molecule has 50 heavy (non-hydrogen) atoms. The van der Waals surface area contributed by atoms with Crippen LogP contribution in [0.3, 0.4) is 0 Å². The number of hydrogen-bond donors (Lipinski definition) is 2. The average Bonchev–Trinajstić information content (AvgIpc) is 3.68. The zero-order valence-corrected chi connectivity index (χ0v) is 30.9. The molecule has 4 heterocycles. The van der Waals surface area contributed by atoms with Gasteiger partial charge in [0.15, 0.2) is 5.54 Å². The summed E-state index contributed by atoms with van der Waals surface area (Å²) in [5.74, 6) is -0.103. The number of halogens is 2. The van der Waals surface area contributed by atoms with E-state index in [1.807, 2.05) is 29.2 Å². The molecule has 0 aromatic heterocycles. The first-order valence-corrected chi connectivity index (χ1v) is 19.0. The fourth-order valence-corrected chi connectivity index (χ4v) is 9.90. The number of likely N-dealkylation sites (tertiary alicyclic amines) is 1. The third-order valence-electron chi connectivity index (χ3n) is 11.3. The molecular formula is C36H41Br2N5O7. The van der Waals surface area contributed by atoms with E-state index in [0.29, 0.717) is 64.9 Å². The van der Waals surface area contributed by atoms with Gasteiger partial charge in [0.2, 0.25) is 11.6 Å². The van der Waals surface area contributed by atoms with Gasteiger partial charge in [-0.15, -0.1) is 0 Å². The van der Waals surface area contributed by atoms with Gasteiger partial charge >= 0.3 is 12.1 Å². The van der Waals surface area contributed by atoms with E-state index in [0.717, 1.165) is 44.2 Å². The van der Waals surface area contributed by atoms with Gasteiger partial charge in [-0.1, -0.05) is 18.2 Å². The van der Waals surface area contributed by atoms with Crippen molar-refractivity contribution in [2.75, 3.05) is 37.7 Å². The molecule has 4 fully saturated rings. The van der Waals surface area contributed by atoms with Crippen LogP contribution in [-0.4, -0.2) is 100 Å². The number of anilines is 1. The lowest BCUT2D eigenvalue weighted by molar-refractivity contribution is -0.122. The van der Waals surface area contributed by atoms with Gasteiger partial charge in [0.05, 0.1) is 14.6 Å². The molecule has 0 bridgehead atoms. The van der Waals surface area contributed by atoms with Crippen LogP contribution in [0.5, 0.6) is 5.75 Å². The molecule has 14 heteroatoms. The van der Waals surface area contributed by atoms with Crippen molar-refractivity contribution in [2.45, 2.75) is 75.6 Å². The zero-order valence-electron chi connectivity index (χ0n) is 27.7. The number of ketones is 2. The monoisotopic (exact) mass is 813 g/mol. The number of hydrazine groups is 1. The number of carbonyl (C=O) groups excluding carboxylic acids is 5. The van der Waals surface area contributed by atoms with Crippen molar-refractivity contribution < 1.29 is 33.8 Å². The van der Waals surface area contributed by atoms with E-state index in [4.69, 9.17) is 4.74 Å².